The number of halogens is 1. The number of hydrogen-bond donors (Lipinski definition) is 1. The Labute approximate surface area is 227 Å². The van der Waals surface area contributed by atoms with Crippen LogP contribution in [0, 0.1) is 5.82 Å². The smallest absolute Gasteiger partial charge is 0.242 e. The molecule has 196 valence electrons. The van der Waals surface area contributed by atoms with Gasteiger partial charge in [0.25, 0.3) is 0 Å². The van der Waals surface area contributed by atoms with Crippen LogP contribution in [0.3, 0.4) is 0 Å². The Morgan fingerprint density at radius 2 is 1.67 bits per heavy atom. The number of fused-ring (bicyclic) bond motifs is 1. The maximum atomic E-state index is 14.0. The molecule has 1 amide bonds. The van der Waals surface area contributed by atoms with E-state index in [2.05, 4.69) is 24.0 Å². The maximum Gasteiger partial charge on any atom is 0.242 e. The van der Waals surface area contributed by atoms with Crippen molar-refractivity contribution in [3.05, 3.63) is 137 Å². The first kappa shape index (κ1) is 25.9. The molecular weight excluding hydrogens is 491 g/mol. The highest BCUT2D eigenvalue weighted by molar-refractivity contribution is 6.25. The lowest BCUT2D eigenvalue weighted by molar-refractivity contribution is -0.119. The molecule has 0 fully saturated rings. The van der Waals surface area contributed by atoms with Crippen molar-refractivity contribution < 1.29 is 18.7 Å². The van der Waals surface area contributed by atoms with Gasteiger partial charge in [-0.1, -0.05) is 67.2 Å². The molecule has 0 aliphatic carbocycles. The molecule has 39 heavy (non-hydrogen) atoms. The second kappa shape index (κ2) is 11.4. The zero-order valence-corrected chi connectivity index (χ0v) is 21.7. The quantitative estimate of drug-likeness (QED) is 0.269. The van der Waals surface area contributed by atoms with Gasteiger partial charge in [-0.25, -0.2) is 4.39 Å². The molecule has 0 saturated carbocycles. The lowest BCUT2D eigenvalue weighted by Crippen LogP contribution is -2.43. The van der Waals surface area contributed by atoms with E-state index in [1.54, 1.807) is 54.5 Å². The Bertz CT molecular complexity index is 1520. The number of hydrogen-bond acceptors (Lipinski definition) is 4. The van der Waals surface area contributed by atoms with Crippen molar-refractivity contribution in [3.63, 3.8) is 0 Å². The number of rotatable bonds is 9. The van der Waals surface area contributed by atoms with E-state index in [-0.39, 0.29) is 24.1 Å². The molecule has 4 aromatic rings. The monoisotopic (exact) mass is 520 g/mol. The molecule has 1 heterocycles. The highest BCUT2D eigenvalue weighted by Crippen LogP contribution is 2.38. The summed E-state index contributed by atoms with van der Waals surface area (Å²) in [5.41, 5.74) is 4.81. The Kier molecular flexibility index (Phi) is 7.55. The van der Waals surface area contributed by atoms with Gasteiger partial charge in [-0.3, -0.25) is 9.59 Å². The van der Waals surface area contributed by atoms with E-state index >= 15 is 0 Å². The number of carbonyl (C=O) groups is 2. The van der Waals surface area contributed by atoms with Crippen LogP contribution >= 0.6 is 0 Å². The lowest BCUT2D eigenvalue weighted by atomic mass is 9.84. The minimum atomic E-state index is -1.00. The molecular formula is C33H29FN2O3. The van der Waals surface area contributed by atoms with Gasteiger partial charge in [0.15, 0.2) is 5.78 Å². The number of Topliss-reactive ketones (excluding diaryl/α,β-unsaturated/α-hetero) is 1. The van der Waals surface area contributed by atoms with E-state index in [9.17, 15) is 14.0 Å². The van der Waals surface area contributed by atoms with Crippen LogP contribution in [0.2, 0.25) is 0 Å². The van der Waals surface area contributed by atoms with Crippen LogP contribution in [0.5, 0.6) is 5.75 Å². The number of anilines is 1. The molecule has 0 saturated heterocycles. The molecule has 0 bridgehead atoms. The predicted octanol–water partition coefficient (Wildman–Crippen LogP) is 6.15. The molecule has 4 aromatic carbocycles. The van der Waals surface area contributed by atoms with Crippen molar-refractivity contribution in [2.24, 2.45) is 0 Å². The molecule has 1 aliphatic heterocycles. The summed E-state index contributed by atoms with van der Waals surface area (Å²) < 4.78 is 19.2. The van der Waals surface area contributed by atoms with Crippen LogP contribution in [0.1, 0.15) is 38.5 Å². The minimum absolute atomic E-state index is 0.126. The third kappa shape index (κ3) is 5.60. The van der Waals surface area contributed by atoms with Gasteiger partial charge >= 0.3 is 0 Å². The number of ether oxygens (including phenoxy) is 1. The fraction of sp³-hybridized carbons (Fsp3) is 0.152. The lowest BCUT2D eigenvalue weighted by Gasteiger charge is -2.34. The van der Waals surface area contributed by atoms with Crippen molar-refractivity contribution in [1.82, 2.24) is 5.32 Å². The summed E-state index contributed by atoms with van der Waals surface area (Å²) in [6, 6.07) is 28.6. The average molecular weight is 521 g/mol. The SMILES string of the molecule is C=C(NCCc1ccccc1)c1ccc2c(c1)N(Cc1cccc(F)c1)C(=O)C(c1ccc(OC)cc1)C2=O. The van der Waals surface area contributed by atoms with E-state index in [1.807, 2.05) is 30.3 Å². The first-order valence-corrected chi connectivity index (χ1v) is 12.8. The van der Waals surface area contributed by atoms with Gasteiger partial charge in [0.05, 0.1) is 19.3 Å². The van der Waals surface area contributed by atoms with Crippen molar-refractivity contribution in [2.45, 2.75) is 18.9 Å². The van der Waals surface area contributed by atoms with E-state index in [0.29, 0.717) is 40.4 Å². The normalized spacial score (nSPS) is 14.6. The van der Waals surface area contributed by atoms with Crippen LogP contribution in [0.15, 0.2) is 104 Å². The second-order valence-corrected chi connectivity index (χ2v) is 9.50. The first-order valence-electron chi connectivity index (χ1n) is 12.8. The summed E-state index contributed by atoms with van der Waals surface area (Å²) in [6.45, 7) is 4.99. The zero-order valence-electron chi connectivity index (χ0n) is 21.7. The van der Waals surface area contributed by atoms with Crippen LogP contribution in [0.25, 0.3) is 5.70 Å². The highest BCUT2D eigenvalue weighted by Gasteiger charge is 2.40. The molecule has 0 radical (unpaired) electrons. The average Bonchev–Trinajstić information content (AvgIpc) is 2.96. The van der Waals surface area contributed by atoms with Gasteiger partial charge in [-0.05, 0) is 65.1 Å². The molecule has 1 aliphatic rings. The highest BCUT2D eigenvalue weighted by atomic mass is 19.1. The van der Waals surface area contributed by atoms with Crippen LogP contribution in [0.4, 0.5) is 10.1 Å². The first-order chi connectivity index (χ1) is 18.9. The number of methoxy groups -OCH3 is 1. The van der Waals surface area contributed by atoms with Gasteiger partial charge < -0.3 is 15.0 Å². The number of carbonyl (C=O) groups excluding carboxylic acids is 2. The fourth-order valence-corrected chi connectivity index (χ4v) is 4.87. The standard InChI is InChI=1S/C33H29FN2O3/c1-22(35-18-17-23-7-4-3-5-8-23)26-13-16-29-30(20-26)36(21-24-9-6-10-27(34)19-24)33(38)31(32(29)37)25-11-14-28(39-2)15-12-25/h3-16,19-20,31,35H,1,17-18,21H2,2H3. The topological polar surface area (TPSA) is 58.6 Å². The van der Waals surface area contributed by atoms with Crippen molar-refractivity contribution in [1.29, 1.82) is 0 Å². The number of amides is 1. The molecule has 1 atom stereocenters. The minimum Gasteiger partial charge on any atom is -0.497 e. The predicted molar refractivity (Wildman–Crippen MR) is 151 cm³/mol. The number of ketones is 1. The largest absolute Gasteiger partial charge is 0.497 e. The molecule has 0 spiro atoms. The summed E-state index contributed by atoms with van der Waals surface area (Å²) in [5, 5.41) is 3.35. The summed E-state index contributed by atoms with van der Waals surface area (Å²) in [7, 11) is 1.56. The summed E-state index contributed by atoms with van der Waals surface area (Å²) >= 11 is 0. The van der Waals surface area contributed by atoms with Crippen LogP contribution < -0.4 is 15.0 Å². The van der Waals surface area contributed by atoms with Crippen LogP contribution in [-0.2, 0) is 17.8 Å². The molecule has 6 heteroatoms. The van der Waals surface area contributed by atoms with Gasteiger partial charge in [0.1, 0.15) is 17.5 Å². The van der Waals surface area contributed by atoms with Crippen molar-refractivity contribution in [3.8, 4) is 5.75 Å². The Hall–Kier alpha value is -4.71. The fourth-order valence-electron chi connectivity index (χ4n) is 4.87. The zero-order chi connectivity index (χ0) is 27.4. The van der Waals surface area contributed by atoms with Gasteiger partial charge in [-0.2, -0.15) is 0 Å². The summed E-state index contributed by atoms with van der Waals surface area (Å²) in [4.78, 5) is 29.1. The molecule has 5 nitrogen and oxygen atoms in total. The van der Waals surface area contributed by atoms with Crippen LogP contribution in [-0.4, -0.2) is 25.3 Å². The van der Waals surface area contributed by atoms with E-state index in [4.69, 9.17) is 4.74 Å². The Balaban J connectivity index is 1.46. The summed E-state index contributed by atoms with van der Waals surface area (Å²) in [5.74, 6) is -1.39. The number of benzene rings is 4. The van der Waals surface area contributed by atoms with Gasteiger partial charge in [-0.15, -0.1) is 0 Å². The Morgan fingerprint density at radius 1 is 0.923 bits per heavy atom. The molecule has 1 N–H and O–H groups in total. The molecule has 5 rings (SSSR count). The number of nitrogens with one attached hydrogen (secondary N) is 1. The third-order valence-electron chi connectivity index (χ3n) is 6.95. The van der Waals surface area contributed by atoms with Gasteiger partial charge in [0, 0.05) is 17.8 Å². The molecule has 1 unspecified atom stereocenters. The van der Waals surface area contributed by atoms with Gasteiger partial charge in [0.2, 0.25) is 5.91 Å². The Morgan fingerprint density at radius 3 is 2.38 bits per heavy atom. The van der Waals surface area contributed by atoms with E-state index < -0.39 is 5.92 Å². The summed E-state index contributed by atoms with van der Waals surface area (Å²) in [6.07, 6.45) is 0.830. The second-order valence-electron chi connectivity index (χ2n) is 9.50. The number of nitrogens with zero attached hydrogens (tertiary/aromatic N) is 1. The third-order valence-corrected chi connectivity index (χ3v) is 6.95. The van der Waals surface area contributed by atoms with E-state index in [1.165, 1.54) is 17.7 Å². The maximum absolute atomic E-state index is 14.0. The van der Waals surface area contributed by atoms with E-state index in [0.717, 1.165) is 12.0 Å². The van der Waals surface area contributed by atoms with Crippen molar-refractivity contribution in [2.75, 3.05) is 18.6 Å². The molecule has 0 aromatic heterocycles. The van der Waals surface area contributed by atoms with Crippen molar-refractivity contribution >= 4 is 23.1 Å².